The van der Waals surface area contributed by atoms with Gasteiger partial charge >= 0.3 is 19.5 Å². The Bertz CT molecular complexity index is 4420. The van der Waals surface area contributed by atoms with Gasteiger partial charge in [-0.2, -0.15) is 33.7 Å². The van der Waals surface area contributed by atoms with Crippen LogP contribution < -0.4 is 20.4 Å². The van der Waals surface area contributed by atoms with Gasteiger partial charge in [-0.15, -0.1) is 5.73 Å². The molecular weight excluding hydrogens is 1160 g/mol. The third-order valence-electron chi connectivity index (χ3n) is 10.1. The van der Waals surface area contributed by atoms with Gasteiger partial charge in [0.05, 0.1) is 54.0 Å². The quantitative estimate of drug-likeness (QED) is 0.0404. The van der Waals surface area contributed by atoms with Crippen molar-refractivity contribution in [3.63, 3.8) is 0 Å². The standard InChI is InChI=1S/C32H16N8.C11H12N2O6S2.3CH4O3S.Zn/c1-2-10-18-17(9-1)25-33-26(18)38-28-21-13-5-6-14-22(21)30(35-28)40-32-24-16-8-7-15-23(24)31(36-32)39-29-20-12-4-3-11-19(20)27(34-29)37-25;1-20(15,16)13-7-2-3-8-6(4-7)5-9(21(17,18)19)10(12)11(8)14;3*1-5(2,3)4;/h1-7,9-14,16H,15H2;2-5,13-14H,12H2,1H3,(H,17,18,19);3*1H3,(H,2,3,4);/q-2;;;;;+2. The number of rotatable bonds is 3. The van der Waals surface area contributed by atoms with Gasteiger partial charge in [-0.05, 0) is 70.1 Å². The second-order valence-corrected chi connectivity index (χ2v) is 23.9. The van der Waals surface area contributed by atoms with Crippen LogP contribution in [0.5, 0.6) is 5.75 Å². The number of sulfonamides is 1. The van der Waals surface area contributed by atoms with Crippen LogP contribution in [0.3, 0.4) is 0 Å². The molecule has 8 N–H and O–H groups in total. The average Bonchev–Trinajstić information content (AvgIpc) is 4.04. The van der Waals surface area contributed by atoms with Gasteiger partial charge < -0.3 is 40.7 Å². The summed E-state index contributed by atoms with van der Waals surface area (Å²) in [4.78, 5) is 38.7. The zero-order valence-corrected chi connectivity index (χ0v) is 47.4. The number of nitrogens with zero attached hydrogens (tertiary/aromatic N) is 8. The summed E-state index contributed by atoms with van der Waals surface area (Å²) in [6, 6.07) is 29.0. The molecule has 77 heavy (non-hydrogen) atoms. The molecular formula is C46H40N10O15S5Zn. The van der Waals surface area contributed by atoms with E-state index < -0.39 is 66.8 Å². The van der Waals surface area contributed by atoms with Gasteiger partial charge in [-0.3, -0.25) is 22.9 Å². The number of aromatic hydroxyl groups is 1. The fourth-order valence-electron chi connectivity index (χ4n) is 7.38. The van der Waals surface area contributed by atoms with Crippen molar-refractivity contribution in [1.82, 2.24) is 39.9 Å². The zero-order chi connectivity index (χ0) is 55.7. The first kappa shape index (κ1) is 58.8. The molecule has 0 atom stereocenters. The van der Waals surface area contributed by atoms with E-state index >= 15 is 0 Å². The van der Waals surface area contributed by atoms with Crippen LogP contribution in [0.2, 0.25) is 0 Å². The first-order chi connectivity index (χ1) is 35.3. The van der Waals surface area contributed by atoms with Crippen molar-refractivity contribution in [2.24, 2.45) is 0 Å². The number of nitrogens with one attached hydrogen (secondary N) is 1. The van der Waals surface area contributed by atoms with Gasteiger partial charge in [0.1, 0.15) is 10.6 Å². The van der Waals surface area contributed by atoms with E-state index in [1.165, 1.54) is 18.2 Å². The summed E-state index contributed by atoms with van der Waals surface area (Å²) in [5.41, 5.74) is 16.1. The minimum absolute atomic E-state index is 0. The van der Waals surface area contributed by atoms with Crippen molar-refractivity contribution >= 4 is 112 Å². The number of fused-ring (bicyclic) bond motifs is 21. The Balaban J connectivity index is 0.000000218. The van der Waals surface area contributed by atoms with E-state index in [9.17, 15) is 47.2 Å². The fourth-order valence-corrected chi connectivity index (χ4v) is 8.59. The normalized spacial score (nSPS) is 12.3. The van der Waals surface area contributed by atoms with E-state index in [1.54, 1.807) is 0 Å². The molecule has 8 aromatic rings. The molecule has 396 valence electrons. The number of hydrogen-bond donors (Lipinski definition) is 7. The summed E-state index contributed by atoms with van der Waals surface area (Å²) in [5.74, 6) is 1.71. The van der Waals surface area contributed by atoms with Crippen LogP contribution >= 0.6 is 0 Å². The number of aromatic nitrogens is 8. The van der Waals surface area contributed by atoms with Gasteiger partial charge in [0.2, 0.25) is 10.0 Å². The number of nitrogen functional groups attached to an aromatic ring is 1. The van der Waals surface area contributed by atoms with E-state index in [4.69, 9.17) is 63.8 Å². The number of anilines is 2. The van der Waals surface area contributed by atoms with Crippen molar-refractivity contribution in [3.8, 4) is 51.3 Å². The minimum Gasteiger partial charge on any atom is -0.505 e. The maximum Gasteiger partial charge on any atom is 2.00 e. The Morgan fingerprint density at radius 1 is 0.545 bits per heavy atom. The van der Waals surface area contributed by atoms with Crippen LogP contribution in [0.15, 0.2) is 114 Å². The SMILES string of the molecule is C1=CCc2c(c3nc4nc(nc5[n-]c(nc6nc(nc2[n-]3)-c2ccccc2-6)c2ccccc52)-c2ccccc2-4)C=1.CS(=O)(=O)Nc1ccc2c(O)c(N)c(S(=O)(=O)O)cc2c1.CS(=O)(=O)O.CS(=O)(=O)O.CS(=O)(=O)O.[Zn+2]. The van der Waals surface area contributed by atoms with Gasteiger partial charge in [-0.1, -0.05) is 72.8 Å². The van der Waals surface area contributed by atoms with Crippen LogP contribution in [0.4, 0.5) is 11.4 Å². The molecule has 0 amide bonds. The number of benzene rings is 5. The molecule has 31 heteroatoms. The molecule has 1 aliphatic carbocycles. The number of phenols is 1. The van der Waals surface area contributed by atoms with Crippen molar-refractivity contribution in [2.45, 2.75) is 11.3 Å². The van der Waals surface area contributed by atoms with Crippen molar-refractivity contribution in [1.29, 1.82) is 0 Å². The van der Waals surface area contributed by atoms with Crippen molar-refractivity contribution in [2.75, 3.05) is 35.5 Å². The van der Waals surface area contributed by atoms with Crippen LogP contribution in [0.1, 0.15) is 11.1 Å². The van der Waals surface area contributed by atoms with E-state index in [-0.39, 0.29) is 35.9 Å². The first-order valence-corrected chi connectivity index (χ1v) is 30.1. The van der Waals surface area contributed by atoms with E-state index in [1.807, 2.05) is 84.9 Å². The van der Waals surface area contributed by atoms with Gasteiger partial charge in [-0.25, -0.2) is 18.4 Å². The van der Waals surface area contributed by atoms with Crippen LogP contribution in [-0.4, -0.2) is 120 Å². The molecule has 3 aromatic heterocycles. The molecule has 2 aliphatic heterocycles. The Morgan fingerprint density at radius 2 is 0.948 bits per heavy atom. The second-order valence-electron chi connectivity index (χ2n) is 16.4. The first-order valence-electron chi connectivity index (χ1n) is 21.2. The molecule has 8 bridgehead atoms. The molecule has 11 rings (SSSR count). The molecule has 5 heterocycles. The second kappa shape index (κ2) is 22.7. The van der Waals surface area contributed by atoms with Gasteiger partial charge in [0.25, 0.3) is 40.5 Å². The molecule has 0 saturated carbocycles. The van der Waals surface area contributed by atoms with Crippen LogP contribution in [-0.2, 0) is 76.4 Å². The minimum atomic E-state index is -4.62. The Morgan fingerprint density at radius 3 is 1.38 bits per heavy atom. The maximum absolute atomic E-state index is 11.2. The summed E-state index contributed by atoms with van der Waals surface area (Å²) in [7, 11) is -19.1. The number of phenolic OH excluding ortho intramolecular Hbond substituents is 1. The molecule has 25 nitrogen and oxygen atoms in total. The summed E-state index contributed by atoms with van der Waals surface area (Å²) in [5, 5.41) is 12.1. The number of hydrogen-bond acceptors (Lipinski definition) is 18. The van der Waals surface area contributed by atoms with E-state index in [0.29, 0.717) is 71.1 Å². The molecule has 0 saturated heterocycles. The van der Waals surface area contributed by atoms with Crippen LogP contribution in [0.25, 0.3) is 95.8 Å². The third kappa shape index (κ3) is 15.4. The topological polar surface area (TPSA) is 415 Å². The number of nitrogens with two attached hydrogens (primary N) is 1. The van der Waals surface area contributed by atoms with E-state index in [2.05, 4.69) is 10.5 Å². The molecule has 0 unspecified atom stereocenters. The Labute approximate surface area is 452 Å². The van der Waals surface area contributed by atoms with E-state index in [0.717, 1.165) is 56.5 Å². The molecule has 5 aromatic carbocycles. The van der Waals surface area contributed by atoms with Gasteiger partial charge in [0, 0.05) is 55.9 Å². The maximum atomic E-state index is 11.2. The van der Waals surface area contributed by atoms with Crippen LogP contribution in [0, 0.1) is 0 Å². The monoisotopic (exact) mass is 1200 g/mol. The summed E-state index contributed by atoms with van der Waals surface area (Å²) >= 11 is 0. The summed E-state index contributed by atoms with van der Waals surface area (Å²) < 4.78 is 134. The van der Waals surface area contributed by atoms with Gasteiger partial charge in [0.15, 0.2) is 0 Å². The largest absolute Gasteiger partial charge is 2.00 e. The fraction of sp³-hybridized carbons (Fsp3) is 0.109. The van der Waals surface area contributed by atoms with Crippen molar-refractivity contribution < 1.29 is 84.9 Å². The smallest absolute Gasteiger partial charge is 0.505 e. The summed E-state index contributed by atoms with van der Waals surface area (Å²) in [6.07, 6.45) is 7.65. The zero-order valence-electron chi connectivity index (χ0n) is 40.3. The molecule has 0 spiro atoms. The predicted molar refractivity (Wildman–Crippen MR) is 283 cm³/mol. The molecule has 0 fully saturated rings. The molecule has 0 radical (unpaired) electrons. The predicted octanol–water partition coefficient (Wildman–Crippen LogP) is 4.95. The average molecular weight is 1200 g/mol. The molecule has 3 aliphatic rings. The van der Waals surface area contributed by atoms with Crippen molar-refractivity contribution in [3.05, 3.63) is 120 Å². The number of allylic oxidation sites excluding steroid dienone is 1. The summed E-state index contributed by atoms with van der Waals surface area (Å²) in [6.45, 7) is 0. The Hall–Kier alpha value is -7.41. The Kier molecular flexibility index (Phi) is 17.3. The third-order valence-corrected chi connectivity index (χ3v) is 11.6.